The SMILES string of the molecule is CCOc1ccc(S(=O)(=O)N2CCc3[nH]c4ccccc4c3CC2)cc1. The van der Waals surface area contributed by atoms with Gasteiger partial charge < -0.3 is 9.72 Å². The molecule has 0 saturated heterocycles. The number of aromatic amines is 1. The van der Waals surface area contributed by atoms with Crippen LogP contribution in [0.5, 0.6) is 5.75 Å². The van der Waals surface area contributed by atoms with Crippen LogP contribution in [-0.4, -0.2) is 37.4 Å². The summed E-state index contributed by atoms with van der Waals surface area (Å²) >= 11 is 0. The first-order valence-electron chi connectivity index (χ1n) is 8.91. The van der Waals surface area contributed by atoms with E-state index in [1.807, 2.05) is 19.1 Å². The first kappa shape index (κ1) is 17.1. The van der Waals surface area contributed by atoms with E-state index in [2.05, 4.69) is 17.1 Å². The number of nitrogens with zero attached hydrogens (tertiary/aromatic N) is 1. The second-order valence-electron chi connectivity index (χ2n) is 6.44. The molecule has 0 atom stereocenters. The van der Waals surface area contributed by atoms with Crippen molar-refractivity contribution in [2.24, 2.45) is 0 Å². The van der Waals surface area contributed by atoms with E-state index in [1.165, 1.54) is 10.9 Å². The Kier molecular flexibility index (Phi) is 4.46. The van der Waals surface area contributed by atoms with Crippen molar-refractivity contribution in [2.75, 3.05) is 19.7 Å². The molecule has 3 aromatic rings. The van der Waals surface area contributed by atoms with E-state index < -0.39 is 10.0 Å². The summed E-state index contributed by atoms with van der Waals surface area (Å²) in [4.78, 5) is 3.77. The van der Waals surface area contributed by atoms with Crippen molar-refractivity contribution < 1.29 is 13.2 Å². The highest BCUT2D eigenvalue weighted by Crippen LogP contribution is 2.28. The average Bonchev–Trinajstić information content (AvgIpc) is 2.86. The fraction of sp³-hybridized carbons (Fsp3) is 0.300. The van der Waals surface area contributed by atoms with Gasteiger partial charge in [-0.3, -0.25) is 0 Å². The lowest BCUT2D eigenvalue weighted by molar-refractivity contribution is 0.340. The third kappa shape index (κ3) is 2.99. The molecule has 0 unspecified atom stereocenters. The highest BCUT2D eigenvalue weighted by molar-refractivity contribution is 7.89. The van der Waals surface area contributed by atoms with Crippen molar-refractivity contribution in [1.82, 2.24) is 9.29 Å². The molecule has 4 rings (SSSR count). The number of rotatable bonds is 4. The standard InChI is InChI=1S/C20H22N2O3S/c1-2-25-15-7-9-16(10-8-15)26(23,24)22-13-11-18-17-5-3-4-6-19(17)21-20(18)12-14-22/h3-10,21H,2,11-14H2,1H3. The van der Waals surface area contributed by atoms with Crippen molar-refractivity contribution in [1.29, 1.82) is 0 Å². The number of nitrogens with one attached hydrogen (secondary N) is 1. The molecule has 5 nitrogen and oxygen atoms in total. The molecule has 2 aromatic carbocycles. The van der Waals surface area contributed by atoms with Crippen LogP contribution in [0.2, 0.25) is 0 Å². The minimum Gasteiger partial charge on any atom is -0.494 e. The first-order chi connectivity index (χ1) is 12.6. The largest absolute Gasteiger partial charge is 0.494 e. The van der Waals surface area contributed by atoms with E-state index >= 15 is 0 Å². The molecule has 1 aliphatic heterocycles. The number of para-hydroxylation sites is 1. The van der Waals surface area contributed by atoms with Crippen molar-refractivity contribution in [3.05, 3.63) is 59.8 Å². The van der Waals surface area contributed by atoms with E-state index in [1.54, 1.807) is 28.6 Å². The highest BCUT2D eigenvalue weighted by Gasteiger charge is 2.27. The zero-order chi connectivity index (χ0) is 18.1. The van der Waals surface area contributed by atoms with E-state index in [0.29, 0.717) is 36.8 Å². The smallest absolute Gasteiger partial charge is 0.243 e. The normalized spacial score (nSPS) is 15.6. The van der Waals surface area contributed by atoms with Gasteiger partial charge in [-0.15, -0.1) is 0 Å². The van der Waals surface area contributed by atoms with Crippen LogP contribution in [0.4, 0.5) is 0 Å². The van der Waals surface area contributed by atoms with Gasteiger partial charge in [-0.25, -0.2) is 8.42 Å². The number of H-pyrrole nitrogens is 1. The summed E-state index contributed by atoms with van der Waals surface area (Å²) < 4.78 is 33.0. The summed E-state index contributed by atoms with van der Waals surface area (Å²) in [6.45, 7) is 3.43. The van der Waals surface area contributed by atoms with Gasteiger partial charge in [0.2, 0.25) is 10.0 Å². The molecule has 136 valence electrons. The second kappa shape index (κ2) is 6.78. The molecular weight excluding hydrogens is 348 g/mol. The Hall–Kier alpha value is -2.31. The molecule has 0 spiro atoms. The number of sulfonamides is 1. The molecule has 0 bridgehead atoms. The molecule has 2 heterocycles. The van der Waals surface area contributed by atoms with Crippen LogP contribution in [0.15, 0.2) is 53.4 Å². The predicted octanol–water partition coefficient (Wildman–Crippen LogP) is 3.36. The number of hydrogen-bond donors (Lipinski definition) is 1. The lowest BCUT2D eigenvalue weighted by Crippen LogP contribution is -2.33. The Labute approximate surface area is 153 Å². The molecule has 1 aliphatic rings. The van der Waals surface area contributed by atoms with E-state index in [9.17, 15) is 8.42 Å². The number of aromatic nitrogens is 1. The van der Waals surface area contributed by atoms with Crippen LogP contribution < -0.4 is 4.74 Å². The van der Waals surface area contributed by atoms with Gasteiger partial charge in [0.15, 0.2) is 0 Å². The van der Waals surface area contributed by atoms with Crippen molar-refractivity contribution in [3.63, 3.8) is 0 Å². The topological polar surface area (TPSA) is 62.4 Å². The number of ether oxygens (including phenoxy) is 1. The van der Waals surface area contributed by atoms with Crippen molar-refractivity contribution in [3.8, 4) is 5.75 Å². The minimum atomic E-state index is -3.50. The van der Waals surface area contributed by atoms with Gasteiger partial charge in [0.05, 0.1) is 11.5 Å². The average molecular weight is 370 g/mol. The first-order valence-corrected chi connectivity index (χ1v) is 10.3. The van der Waals surface area contributed by atoms with E-state index in [-0.39, 0.29) is 0 Å². The Morgan fingerprint density at radius 3 is 2.54 bits per heavy atom. The Morgan fingerprint density at radius 1 is 1.04 bits per heavy atom. The monoisotopic (exact) mass is 370 g/mol. The van der Waals surface area contributed by atoms with Gasteiger partial charge in [0, 0.05) is 36.1 Å². The van der Waals surface area contributed by atoms with Gasteiger partial charge in [-0.2, -0.15) is 4.31 Å². The quantitative estimate of drug-likeness (QED) is 0.766. The van der Waals surface area contributed by atoms with Crippen LogP contribution in [0.3, 0.4) is 0 Å². The number of hydrogen-bond acceptors (Lipinski definition) is 3. The zero-order valence-electron chi connectivity index (χ0n) is 14.7. The van der Waals surface area contributed by atoms with Gasteiger partial charge in [0.25, 0.3) is 0 Å². The fourth-order valence-corrected chi connectivity index (χ4v) is 5.04. The Bertz CT molecular complexity index is 1020. The second-order valence-corrected chi connectivity index (χ2v) is 8.37. The lowest BCUT2D eigenvalue weighted by Gasteiger charge is -2.20. The summed E-state index contributed by atoms with van der Waals surface area (Å²) in [6, 6.07) is 14.9. The Balaban J connectivity index is 1.58. The third-order valence-corrected chi connectivity index (χ3v) is 6.81. The maximum absolute atomic E-state index is 13.0. The molecule has 0 aliphatic carbocycles. The zero-order valence-corrected chi connectivity index (χ0v) is 15.6. The predicted molar refractivity (Wildman–Crippen MR) is 102 cm³/mol. The van der Waals surface area contributed by atoms with Gasteiger partial charge in [0.1, 0.15) is 5.75 Å². The molecule has 0 radical (unpaired) electrons. The highest BCUT2D eigenvalue weighted by atomic mass is 32.2. The van der Waals surface area contributed by atoms with Gasteiger partial charge in [-0.1, -0.05) is 18.2 Å². The van der Waals surface area contributed by atoms with E-state index in [4.69, 9.17) is 4.74 Å². The van der Waals surface area contributed by atoms with Crippen LogP contribution in [-0.2, 0) is 22.9 Å². The van der Waals surface area contributed by atoms with Gasteiger partial charge >= 0.3 is 0 Å². The maximum atomic E-state index is 13.0. The lowest BCUT2D eigenvalue weighted by atomic mass is 10.1. The summed E-state index contributed by atoms with van der Waals surface area (Å²) in [6.07, 6.45) is 1.41. The fourth-order valence-electron chi connectivity index (χ4n) is 3.60. The molecule has 1 N–H and O–H groups in total. The van der Waals surface area contributed by atoms with Crippen molar-refractivity contribution >= 4 is 20.9 Å². The third-order valence-electron chi connectivity index (χ3n) is 4.90. The molecule has 6 heteroatoms. The van der Waals surface area contributed by atoms with E-state index in [0.717, 1.165) is 17.6 Å². The number of fused-ring (bicyclic) bond motifs is 3. The van der Waals surface area contributed by atoms with Crippen LogP contribution >= 0.6 is 0 Å². The summed E-state index contributed by atoms with van der Waals surface area (Å²) in [5.41, 5.74) is 3.51. The minimum absolute atomic E-state index is 0.316. The molecule has 1 aromatic heterocycles. The van der Waals surface area contributed by atoms with Crippen LogP contribution in [0, 0.1) is 0 Å². The molecular formula is C20H22N2O3S. The summed E-state index contributed by atoms with van der Waals surface area (Å²) in [7, 11) is -3.50. The molecule has 0 amide bonds. The Morgan fingerprint density at radius 2 is 1.77 bits per heavy atom. The van der Waals surface area contributed by atoms with Crippen LogP contribution in [0.1, 0.15) is 18.2 Å². The maximum Gasteiger partial charge on any atom is 0.243 e. The molecule has 26 heavy (non-hydrogen) atoms. The summed E-state index contributed by atoms with van der Waals surface area (Å²) in [5, 5.41) is 1.20. The van der Waals surface area contributed by atoms with Gasteiger partial charge in [-0.05, 0) is 49.2 Å². The number of benzene rings is 2. The molecule has 0 fully saturated rings. The summed E-state index contributed by atoms with van der Waals surface area (Å²) in [5.74, 6) is 0.684. The van der Waals surface area contributed by atoms with Crippen molar-refractivity contribution in [2.45, 2.75) is 24.7 Å². The molecule has 0 saturated carbocycles. The van der Waals surface area contributed by atoms with Crippen LogP contribution in [0.25, 0.3) is 10.9 Å².